The predicted octanol–water partition coefficient (Wildman–Crippen LogP) is 0.264. The van der Waals surface area contributed by atoms with E-state index in [4.69, 9.17) is 5.84 Å². The number of amides is 2. The highest BCUT2D eigenvalue weighted by Crippen LogP contribution is 2.24. The first kappa shape index (κ1) is 17.8. The second kappa shape index (κ2) is 7.82. The molecule has 3 N–H and O–H groups in total. The first-order chi connectivity index (χ1) is 11.4. The summed E-state index contributed by atoms with van der Waals surface area (Å²) in [5.41, 5.74) is 1.93. The van der Waals surface area contributed by atoms with Gasteiger partial charge < -0.3 is 16.1 Å². The summed E-state index contributed by atoms with van der Waals surface area (Å²) in [6.07, 6.45) is 0. The molecule has 2 amide bonds. The minimum Gasteiger partial charge on any atom is -0.358 e. The van der Waals surface area contributed by atoms with Crippen molar-refractivity contribution in [2.75, 3.05) is 32.2 Å². The topological polar surface area (TPSA) is 106 Å². The summed E-state index contributed by atoms with van der Waals surface area (Å²) in [6, 6.07) is 7.72. The molecule has 1 aromatic carbocycles. The summed E-state index contributed by atoms with van der Waals surface area (Å²) in [7, 11) is 3.10. The van der Waals surface area contributed by atoms with Gasteiger partial charge in [0.2, 0.25) is 17.0 Å². The first-order valence-corrected chi connectivity index (χ1v) is 8.26. The molecule has 0 spiro atoms. The van der Waals surface area contributed by atoms with E-state index in [1.165, 1.54) is 28.4 Å². The maximum absolute atomic E-state index is 12.0. The van der Waals surface area contributed by atoms with Crippen molar-refractivity contribution in [2.24, 2.45) is 0 Å². The average molecular weight is 348 g/mol. The van der Waals surface area contributed by atoms with Gasteiger partial charge in [-0.05, 0) is 12.5 Å². The highest BCUT2D eigenvalue weighted by Gasteiger charge is 2.17. The van der Waals surface area contributed by atoms with E-state index in [0.29, 0.717) is 11.0 Å². The largest absolute Gasteiger partial charge is 0.358 e. The molecular formula is C15H20N6O2S. The number of hydrogen-bond acceptors (Lipinski definition) is 6. The van der Waals surface area contributed by atoms with E-state index in [9.17, 15) is 9.59 Å². The van der Waals surface area contributed by atoms with Gasteiger partial charge in [-0.25, -0.2) is 4.68 Å². The molecule has 0 saturated heterocycles. The summed E-state index contributed by atoms with van der Waals surface area (Å²) in [5, 5.41) is 11.1. The van der Waals surface area contributed by atoms with Crippen LogP contribution in [0.2, 0.25) is 0 Å². The smallest absolute Gasteiger partial charge is 0.239 e. The van der Waals surface area contributed by atoms with Gasteiger partial charge in [-0.1, -0.05) is 36.0 Å². The first-order valence-electron chi connectivity index (χ1n) is 7.28. The van der Waals surface area contributed by atoms with Crippen molar-refractivity contribution >= 4 is 23.6 Å². The van der Waals surface area contributed by atoms with Crippen molar-refractivity contribution in [1.29, 1.82) is 0 Å². The van der Waals surface area contributed by atoms with Gasteiger partial charge in [-0.2, -0.15) is 0 Å². The van der Waals surface area contributed by atoms with Crippen LogP contribution in [0.5, 0.6) is 0 Å². The van der Waals surface area contributed by atoms with Gasteiger partial charge in [0.1, 0.15) is 0 Å². The van der Waals surface area contributed by atoms with Crippen LogP contribution in [0.4, 0.5) is 0 Å². The summed E-state index contributed by atoms with van der Waals surface area (Å²) in [6.45, 7) is 1.98. The minimum atomic E-state index is -0.223. The van der Waals surface area contributed by atoms with E-state index in [2.05, 4.69) is 15.5 Å². The molecule has 2 aromatic rings. The lowest BCUT2D eigenvalue weighted by Gasteiger charge is -2.15. The lowest BCUT2D eigenvalue weighted by atomic mass is 10.1. The number of rotatable bonds is 6. The highest BCUT2D eigenvalue weighted by molar-refractivity contribution is 7.99. The third kappa shape index (κ3) is 4.05. The number of nitrogen functional groups attached to an aromatic ring is 1. The van der Waals surface area contributed by atoms with E-state index >= 15 is 0 Å². The molecule has 24 heavy (non-hydrogen) atoms. The Bertz CT molecular complexity index is 745. The standard InChI is InChI=1S/C15H20N6O2S/c1-10-6-4-5-7-11(10)14-18-19-15(21(14)16)24-9-13(23)20(3)8-12(22)17-2/h4-7H,8-9,16H2,1-3H3,(H,17,22). The van der Waals surface area contributed by atoms with Crippen molar-refractivity contribution < 1.29 is 9.59 Å². The lowest BCUT2D eigenvalue weighted by Crippen LogP contribution is -2.37. The quantitative estimate of drug-likeness (QED) is 0.573. The van der Waals surface area contributed by atoms with Crippen LogP contribution in [0.3, 0.4) is 0 Å². The molecule has 0 atom stereocenters. The molecule has 0 bridgehead atoms. The normalized spacial score (nSPS) is 10.5. The molecule has 128 valence electrons. The summed E-state index contributed by atoms with van der Waals surface area (Å²) in [4.78, 5) is 24.7. The number of nitrogens with one attached hydrogen (secondary N) is 1. The summed E-state index contributed by atoms with van der Waals surface area (Å²) >= 11 is 1.18. The zero-order chi connectivity index (χ0) is 17.7. The number of benzene rings is 1. The fraction of sp³-hybridized carbons (Fsp3) is 0.333. The van der Waals surface area contributed by atoms with Gasteiger partial charge in [0, 0.05) is 19.7 Å². The summed E-state index contributed by atoms with van der Waals surface area (Å²) < 4.78 is 1.37. The molecule has 0 saturated carbocycles. The average Bonchev–Trinajstić information content (AvgIpc) is 2.93. The molecule has 8 nitrogen and oxygen atoms in total. The molecule has 0 unspecified atom stereocenters. The monoisotopic (exact) mass is 348 g/mol. The maximum atomic E-state index is 12.0. The Hall–Kier alpha value is -2.55. The molecule has 0 radical (unpaired) electrons. The molecule has 9 heteroatoms. The van der Waals surface area contributed by atoms with Crippen LogP contribution in [0, 0.1) is 6.92 Å². The number of thioether (sulfide) groups is 1. The number of carbonyl (C=O) groups is 2. The Morgan fingerprint density at radius 1 is 1.33 bits per heavy atom. The third-order valence-electron chi connectivity index (χ3n) is 3.46. The molecule has 1 aromatic heterocycles. The number of aromatic nitrogens is 3. The van der Waals surface area contributed by atoms with Crippen molar-refractivity contribution in [3.05, 3.63) is 29.8 Å². The van der Waals surface area contributed by atoms with E-state index in [0.717, 1.165) is 11.1 Å². The number of hydrogen-bond donors (Lipinski definition) is 2. The molecule has 0 aliphatic heterocycles. The minimum absolute atomic E-state index is 0.0136. The van der Waals surface area contributed by atoms with Crippen LogP contribution in [-0.4, -0.2) is 58.0 Å². The van der Waals surface area contributed by atoms with E-state index in [1.807, 2.05) is 31.2 Å². The van der Waals surface area contributed by atoms with Crippen molar-refractivity contribution in [3.8, 4) is 11.4 Å². The molecule has 2 rings (SSSR count). The Balaban J connectivity index is 2.03. The molecular weight excluding hydrogens is 328 g/mol. The molecule has 1 heterocycles. The molecule has 0 aliphatic carbocycles. The second-order valence-corrected chi connectivity index (χ2v) is 6.15. The number of nitrogens with zero attached hydrogens (tertiary/aromatic N) is 4. The second-order valence-electron chi connectivity index (χ2n) is 5.20. The van der Waals surface area contributed by atoms with Crippen LogP contribution in [0.1, 0.15) is 5.56 Å². The van der Waals surface area contributed by atoms with Gasteiger partial charge in [0.25, 0.3) is 0 Å². The molecule has 0 fully saturated rings. The Morgan fingerprint density at radius 2 is 2.04 bits per heavy atom. The van der Waals surface area contributed by atoms with E-state index < -0.39 is 0 Å². The fourth-order valence-corrected chi connectivity index (χ4v) is 2.80. The number of carbonyl (C=O) groups excluding carboxylic acids is 2. The van der Waals surface area contributed by atoms with Crippen LogP contribution >= 0.6 is 11.8 Å². The van der Waals surface area contributed by atoms with Crippen molar-refractivity contribution in [1.82, 2.24) is 25.1 Å². The molecule has 0 aliphatic rings. The Morgan fingerprint density at radius 3 is 2.71 bits per heavy atom. The van der Waals surface area contributed by atoms with Gasteiger partial charge in [-0.15, -0.1) is 10.2 Å². The van der Waals surface area contributed by atoms with Gasteiger partial charge in [-0.3, -0.25) is 9.59 Å². The predicted molar refractivity (Wildman–Crippen MR) is 92.8 cm³/mol. The van der Waals surface area contributed by atoms with Gasteiger partial charge >= 0.3 is 0 Å². The number of aryl methyl sites for hydroxylation is 1. The Kier molecular flexibility index (Phi) is 5.80. The number of likely N-dealkylation sites (N-methyl/N-ethyl adjacent to an activating group) is 2. The zero-order valence-corrected chi connectivity index (χ0v) is 14.6. The van der Waals surface area contributed by atoms with Crippen LogP contribution in [0.15, 0.2) is 29.4 Å². The lowest BCUT2D eigenvalue weighted by molar-refractivity contribution is -0.132. The SMILES string of the molecule is CNC(=O)CN(C)C(=O)CSc1nnc(-c2ccccc2C)n1N. The van der Waals surface area contributed by atoms with E-state index in [1.54, 1.807) is 7.05 Å². The fourth-order valence-electron chi connectivity index (χ4n) is 2.00. The van der Waals surface area contributed by atoms with Crippen molar-refractivity contribution in [3.63, 3.8) is 0 Å². The Labute approximate surface area is 144 Å². The summed E-state index contributed by atoms with van der Waals surface area (Å²) in [5.74, 6) is 6.30. The van der Waals surface area contributed by atoms with Crippen LogP contribution < -0.4 is 11.2 Å². The zero-order valence-electron chi connectivity index (χ0n) is 13.8. The van der Waals surface area contributed by atoms with Gasteiger partial charge in [0.15, 0.2) is 5.82 Å². The van der Waals surface area contributed by atoms with E-state index in [-0.39, 0.29) is 24.1 Å². The number of nitrogens with two attached hydrogens (primary N) is 1. The highest BCUT2D eigenvalue weighted by atomic mass is 32.2. The van der Waals surface area contributed by atoms with Crippen LogP contribution in [-0.2, 0) is 9.59 Å². The van der Waals surface area contributed by atoms with Crippen LogP contribution in [0.25, 0.3) is 11.4 Å². The maximum Gasteiger partial charge on any atom is 0.239 e. The van der Waals surface area contributed by atoms with Crippen molar-refractivity contribution in [2.45, 2.75) is 12.1 Å². The van der Waals surface area contributed by atoms with Gasteiger partial charge in [0.05, 0.1) is 12.3 Å². The third-order valence-corrected chi connectivity index (χ3v) is 4.39.